The number of benzene rings is 1. The Kier molecular flexibility index (Phi) is 3.26. The highest BCUT2D eigenvalue weighted by molar-refractivity contribution is 7.89. The van der Waals surface area contributed by atoms with Crippen LogP contribution in [0.2, 0.25) is 0 Å². The Morgan fingerprint density at radius 1 is 1.24 bits per heavy atom. The summed E-state index contributed by atoms with van der Waals surface area (Å²) in [7, 11) is -3.79. The Morgan fingerprint density at radius 3 is 2.47 bits per heavy atom. The van der Waals surface area contributed by atoms with Crippen molar-refractivity contribution in [1.82, 2.24) is 0 Å². The first-order chi connectivity index (χ1) is 7.98. The quantitative estimate of drug-likeness (QED) is 0.795. The first kappa shape index (κ1) is 12.2. The van der Waals surface area contributed by atoms with Crippen molar-refractivity contribution in [3.8, 4) is 5.75 Å². The standard InChI is InChI=1S/C11H16N2O3S/c12-11-9(16-8-4-1-2-5-8)6-3-7-10(11)17(13,14)15/h3,6-8H,1-2,4-5,12H2,(H2,13,14,15). The summed E-state index contributed by atoms with van der Waals surface area (Å²) in [5, 5.41) is 5.07. The first-order valence-electron chi connectivity index (χ1n) is 5.56. The van der Waals surface area contributed by atoms with Crippen LogP contribution in [0.25, 0.3) is 0 Å². The van der Waals surface area contributed by atoms with Crippen LogP contribution in [0.15, 0.2) is 23.1 Å². The number of nitrogen functional groups attached to an aromatic ring is 1. The molecule has 5 nitrogen and oxygen atoms in total. The molecule has 1 aliphatic carbocycles. The molecule has 0 bridgehead atoms. The van der Waals surface area contributed by atoms with Gasteiger partial charge >= 0.3 is 0 Å². The lowest BCUT2D eigenvalue weighted by atomic mass is 10.2. The maximum absolute atomic E-state index is 11.3. The minimum Gasteiger partial charge on any atom is -0.488 e. The van der Waals surface area contributed by atoms with Crippen LogP contribution in [0.4, 0.5) is 5.69 Å². The van der Waals surface area contributed by atoms with Gasteiger partial charge in [0.2, 0.25) is 10.0 Å². The Hall–Kier alpha value is -1.27. The normalized spacial score (nSPS) is 17.2. The summed E-state index contributed by atoms with van der Waals surface area (Å²) in [4.78, 5) is -0.0759. The Bertz CT molecular complexity index is 507. The Balaban J connectivity index is 2.29. The van der Waals surface area contributed by atoms with Crippen LogP contribution in [0.1, 0.15) is 25.7 Å². The highest BCUT2D eigenvalue weighted by atomic mass is 32.2. The smallest absolute Gasteiger partial charge is 0.240 e. The number of hydrogen-bond donors (Lipinski definition) is 2. The molecule has 2 rings (SSSR count). The second-order valence-electron chi connectivity index (χ2n) is 4.24. The van der Waals surface area contributed by atoms with Crippen LogP contribution in [0, 0.1) is 0 Å². The predicted octanol–water partition coefficient (Wildman–Crippen LogP) is 1.24. The van der Waals surface area contributed by atoms with E-state index in [2.05, 4.69) is 0 Å². The van der Waals surface area contributed by atoms with Crippen molar-refractivity contribution >= 4 is 15.7 Å². The topological polar surface area (TPSA) is 95.4 Å². The summed E-state index contributed by atoms with van der Waals surface area (Å²) in [6, 6.07) is 4.63. The van der Waals surface area contributed by atoms with Gasteiger partial charge in [-0.25, -0.2) is 13.6 Å². The molecule has 94 valence electrons. The van der Waals surface area contributed by atoms with Crippen LogP contribution in [-0.2, 0) is 10.0 Å². The lowest BCUT2D eigenvalue weighted by molar-refractivity contribution is 0.211. The third-order valence-electron chi connectivity index (χ3n) is 2.93. The van der Waals surface area contributed by atoms with Crippen LogP contribution in [-0.4, -0.2) is 14.5 Å². The van der Waals surface area contributed by atoms with Gasteiger partial charge in [-0.2, -0.15) is 0 Å². The van der Waals surface area contributed by atoms with E-state index in [4.69, 9.17) is 15.6 Å². The van der Waals surface area contributed by atoms with Gasteiger partial charge in [0.05, 0.1) is 11.8 Å². The van der Waals surface area contributed by atoms with Crippen molar-refractivity contribution in [1.29, 1.82) is 0 Å². The van der Waals surface area contributed by atoms with Crippen LogP contribution < -0.4 is 15.6 Å². The number of primary sulfonamides is 1. The van der Waals surface area contributed by atoms with Gasteiger partial charge in [-0.05, 0) is 37.8 Å². The minimum absolute atomic E-state index is 0.0759. The summed E-state index contributed by atoms with van der Waals surface area (Å²) in [6.45, 7) is 0. The van der Waals surface area contributed by atoms with Gasteiger partial charge in [0.25, 0.3) is 0 Å². The van der Waals surface area contributed by atoms with E-state index in [9.17, 15) is 8.42 Å². The second kappa shape index (κ2) is 4.54. The zero-order valence-electron chi connectivity index (χ0n) is 9.43. The average Bonchev–Trinajstić information content (AvgIpc) is 2.72. The molecule has 0 aliphatic heterocycles. The molecule has 1 saturated carbocycles. The van der Waals surface area contributed by atoms with Crippen LogP contribution in [0.3, 0.4) is 0 Å². The van der Waals surface area contributed by atoms with E-state index in [0.717, 1.165) is 25.7 Å². The van der Waals surface area contributed by atoms with Gasteiger partial charge in [-0.1, -0.05) is 6.07 Å². The van der Waals surface area contributed by atoms with Gasteiger partial charge in [0.1, 0.15) is 10.6 Å². The van der Waals surface area contributed by atoms with E-state index in [0.29, 0.717) is 5.75 Å². The van der Waals surface area contributed by atoms with Gasteiger partial charge in [-0.3, -0.25) is 0 Å². The molecule has 0 amide bonds. The van der Waals surface area contributed by atoms with Crippen LogP contribution >= 0.6 is 0 Å². The molecule has 0 heterocycles. The molecule has 0 unspecified atom stereocenters. The van der Waals surface area contributed by atoms with Crippen molar-refractivity contribution in [2.45, 2.75) is 36.7 Å². The zero-order valence-corrected chi connectivity index (χ0v) is 10.2. The third-order valence-corrected chi connectivity index (χ3v) is 3.90. The summed E-state index contributed by atoms with van der Waals surface area (Å²) < 4.78 is 28.3. The molecule has 1 aromatic carbocycles. The second-order valence-corrected chi connectivity index (χ2v) is 5.77. The number of para-hydroxylation sites is 1. The van der Waals surface area contributed by atoms with Gasteiger partial charge < -0.3 is 10.5 Å². The SMILES string of the molecule is Nc1c(OC2CCCC2)cccc1S(N)(=O)=O. The lowest BCUT2D eigenvalue weighted by Crippen LogP contribution is -2.17. The summed E-state index contributed by atoms with van der Waals surface area (Å²) in [6.07, 6.45) is 4.38. The van der Waals surface area contributed by atoms with Gasteiger partial charge in [0, 0.05) is 0 Å². The number of rotatable bonds is 3. The largest absolute Gasteiger partial charge is 0.488 e. The maximum Gasteiger partial charge on any atom is 0.240 e. The molecule has 1 aromatic rings. The molecule has 1 fully saturated rings. The van der Waals surface area contributed by atoms with Crippen molar-refractivity contribution < 1.29 is 13.2 Å². The Morgan fingerprint density at radius 2 is 1.88 bits per heavy atom. The van der Waals surface area contributed by atoms with E-state index in [1.165, 1.54) is 6.07 Å². The summed E-state index contributed by atoms with van der Waals surface area (Å²) in [5.74, 6) is 0.406. The lowest BCUT2D eigenvalue weighted by Gasteiger charge is -2.16. The van der Waals surface area contributed by atoms with Crippen LogP contribution in [0.5, 0.6) is 5.75 Å². The number of ether oxygens (including phenoxy) is 1. The summed E-state index contributed by atoms with van der Waals surface area (Å²) >= 11 is 0. The molecule has 1 aliphatic rings. The number of anilines is 1. The molecule has 17 heavy (non-hydrogen) atoms. The molecule has 6 heteroatoms. The predicted molar refractivity (Wildman–Crippen MR) is 65.1 cm³/mol. The molecule has 0 radical (unpaired) electrons. The van der Waals surface area contributed by atoms with Gasteiger partial charge in [0.15, 0.2) is 0 Å². The van der Waals surface area contributed by atoms with Crippen molar-refractivity contribution in [3.05, 3.63) is 18.2 Å². The summed E-state index contributed by atoms with van der Waals surface area (Å²) in [5.41, 5.74) is 5.86. The minimum atomic E-state index is -3.79. The average molecular weight is 256 g/mol. The van der Waals surface area contributed by atoms with Crippen molar-refractivity contribution in [2.24, 2.45) is 5.14 Å². The fourth-order valence-electron chi connectivity index (χ4n) is 2.06. The molecule has 0 saturated heterocycles. The maximum atomic E-state index is 11.3. The van der Waals surface area contributed by atoms with E-state index in [1.807, 2.05) is 0 Å². The van der Waals surface area contributed by atoms with E-state index < -0.39 is 10.0 Å². The van der Waals surface area contributed by atoms with E-state index in [-0.39, 0.29) is 16.7 Å². The van der Waals surface area contributed by atoms with Crippen molar-refractivity contribution in [3.63, 3.8) is 0 Å². The molecule has 0 atom stereocenters. The highest BCUT2D eigenvalue weighted by Crippen LogP contribution is 2.31. The van der Waals surface area contributed by atoms with Gasteiger partial charge in [-0.15, -0.1) is 0 Å². The first-order valence-corrected chi connectivity index (χ1v) is 7.11. The van der Waals surface area contributed by atoms with E-state index >= 15 is 0 Å². The zero-order chi connectivity index (χ0) is 12.5. The Labute approximate surface area is 101 Å². The fraction of sp³-hybridized carbons (Fsp3) is 0.455. The molecule has 0 spiro atoms. The molecule has 4 N–H and O–H groups in total. The number of nitrogens with two attached hydrogens (primary N) is 2. The molecule has 0 aromatic heterocycles. The van der Waals surface area contributed by atoms with E-state index in [1.54, 1.807) is 12.1 Å². The van der Waals surface area contributed by atoms with Crippen molar-refractivity contribution in [2.75, 3.05) is 5.73 Å². The monoisotopic (exact) mass is 256 g/mol. The number of sulfonamides is 1. The molecular weight excluding hydrogens is 240 g/mol. The molecular formula is C11H16N2O3S. The number of hydrogen-bond acceptors (Lipinski definition) is 4. The third kappa shape index (κ3) is 2.70. The highest BCUT2D eigenvalue weighted by Gasteiger charge is 2.20. The fourth-order valence-corrected chi connectivity index (χ4v) is 2.74.